The van der Waals surface area contributed by atoms with Crippen LogP contribution in [0, 0.1) is 11.8 Å². The Balaban J connectivity index is 3.50. The van der Waals surface area contributed by atoms with Gasteiger partial charge in [-0.15, -0.1) is 0 Å². The second-order valence-electron chi connectivity index (χ2n) is 6.89. The lowest BCUT2D eigenvalue weighted by molar-refractivity contribution is -0.130. The molecule has 0 radical (unpaired) electrons. The molecule has 3 heteroatoms. The maximum Gasteiger partial charge on any atom is 0.222 e. The van der Waals surface area contributed by atoms with E-state index in [1.807, 2.05) is 25.8 Å². The summed E-state index contributed by atoms with van der Waals surface area (Å²) >= 11 is 0. The summed E-state index contributed by atoms with van der Waals surface area (Å²) in [5.41, 5.74) is 0. The van der Waals surface area contributed by atoms with E-state index in [-0.39, 0.29) is 11.8 Å². The van der Waals surface area contributed by atoms with Crippen molar-refractivity contribution in [3.8, 4) is 0 Å². The summed E-state index contributed by atoms with van der Waals surface area (Å²) in [6, 6.07) is 0. The first-order valence-corrected chi connectivity index (χ1v) is 8.61. The van der Waals surface area contributed by atoms with Gasteiger partial charge in [0.2, 0.25) is 5.91 Å². The van der Waals surface area contributed by atoms with Gasteiger partial charge in [0.25, 0.3) is 0 Å². The molecule has 0 rings (SSSR count). The highest BCUT2D eigenvalue weighted by Crippen LogP contribution is 2.11. The van der Waals surface area contributed by atoms with Crippen molar-refractivity contribution in [2.45, 2.75) is 79.1 Å². The average Bonchev–Trinajstić information content (AvgIpc) is 2.42. The third-order valence-electron chi connectivity index (χ3n) is 3.93. The Kier molecular flexibility index (Phi) is 11.3. The van der Waals surface area contributed by atoms with Gasteiger partial charge in [-0.1, -0.05) is 47.0 Å². The van der Waals surface area contributed by atoms with E-state index in [1.54, 1.807) is 0 Å². The summed E-state index contributed by atoms with van der Waals surface area (Å²) in [4.78, 5) is 25.2. The van der Waals surface area contributed by atoms with Gasteiger partial charge in [-0.25, -0.2) is 0 Å². The molecule has 0 atom stereocenters. The van der Waals surface area contributed by atoms with E-state index in [4.69, 9.17) is 0 Å². The summed E-state index contributed by atoms with van der Waals surface area (Å²) in [5, 5.41) is 0. The Bertz CT molecular complexity index is 298. The van der Waals surface area contributed by atoms with Gasteiger partial charge in [0.05, 0.1) is 0 Å². The molecule has 1 amide bonds. The highest BCUT2D eigenvalue weighted by Gasteiger charge is 2.09. The minimum Gasteiger partial charge on any atom is -0.346 e. The van der Waals surface area contributed by atoms with Crippen LogP contribution < -0.4 is 0 Å². The molecular weight excluding hydrogens is 262 g/mol. The fourth-order valence-corrected chi connectivity index (χ4v) is 2.16. The van der Waals surface area contributed by atoms with Gasteiger partial charge in [0.1, 0.15) is 5.78 Å². The number of amides is 1. The second kappa shape index (κ2) is 11.8. The van der Waals surface area contributed by atoms with Crippen molar-refractivity contribution in [3.63, 3.8) is 0 Å². The van der Waals surface area contributed by atoms with Crippen molar-refractivity contribution in [2.75, 3.05) is 13.6 Å². The SMILES string of the molecule is CC(C)CCN(C)C(=O)CCCCCCCC(=O)C(C)C. The molecule has 0 saturated carbocycles. The molecule has 3 nitrogen and oxygen atoms in total. The first kappa shape index (κ1) is 20.1. The number of carbonyl (C=O) groups is 2. The summed E-state index contributed by atoms with van der Waals surface area (Å²) in [7, 11) is 1.90. The van der Waals surface area contributed by atoms with Gasteiger partial charge in [-0.3, -0.25) is 9.59 Å². The fourth-order valence-electron chi connectivity index (χ4n) is 2.16. The predicted octanol–water partition coefficient (Wildman–Crippen LogP) is 4.45. The van der Waals surface area contributed by atoms with Gasteiger partial charge in [-0.05, 0) is 25.2 Å². The third kappa shape index (κ3) is 11.5. The van der Waals surface area contributed by atoms with Crippen LogP contribution in [-0.4, -0.2) is 30.2 Å². The van der Waals surface area contributed by atoms with Crippen LogP contribution in [0.15, 0.2) is 0 Å². The number of nitrogens with zero attached hydrogens (tertiary/aromatic N) is 1. The molecule has 0 aliphatic heterocycles. The molecule has 124 valence electrons. The number of rotatable bonds is 12. The molecule has 0 aromatic rings. The Labute approximate surface area is 131 Å². The summed E-state index contributed by atoms with van der Waals surface area (Å²) < 4.78 is 0. The number of unbranched alkanes of at least 4 members (excludes halogenated alkanes) is 4. The van der Waals surface area contributed by atoms with E-state index in [9.17, 15) is 9.59 Å². The average molecular weight is 297 g/mol. The normalized spacial score (nSPS) is 11.2. The Morgan fingerprint density at radius 1 is 0.857 bits per heavy atom. The molecule has 0 aromatic heterocycles. The molecule has 0 saturated heterocycles. The van der Waals surface area contributed by atoms with Crippen LogP contribution in [-0.2, 0) is 9.59 Å². The minimum atomic E-state index is 0.170. The maximum absolute atomic E-state index is 11.9. The lowest BCUT2D eigenvalue weighted by Crippen LogP contribution is -2.28. The van der Waals surface area contributed by atoms with E-state index in [1.165, 1.54) is 0 Å². The zero-order chi connectivity index (χ0) is 16.3. The Hall–Kier alpha value is -0.860. The van der Waals surface area contributed by atoms with Gasteiger partial charge >= 0.3 is 0 Å². The zero-order valence-electron chi connectivity index (χ0n) is 14.8. The second-order valence-corrected chi connectivity index (χ2v) is 6.89. The van der Waals surface area contributed by atoms with Crippen LogP contribution in [0.4, 0.5) is 0 Å². The van der Waals surface area contributed by atoms with Gasteiger partial charge < -0.3 is 4.90 Å². The predicted molar refractivity (Wildman–Crippen MR) is 89.3 cm³/mol. The molecule has 0 N–H and O–H groups in total. The van der Waals surface area contributed by atoms with E-state index in [2.05, 4.69) is 13.8 Å². The molecule has 0 bridgehead atoms. The van der Waals surface area contributed by atoms with Gasteiger partial charge in [0, 0.05) is 32.4 Å². The quantitative estimate of drug-likeness (QED) is 0.499. The molecule has 0 spiro atoms. The molecule has 21 heavy (non-hydrogen) atoms. The van der Waals surface area contributed by atoms with Crippen molar-refractivity contribution >= 4 is 11.7 Å². The standard InChI is InChI=1S/C18H35NO2/c1-15(2)13-14-19(5)18(21)12-10-8-6-7-9-11-17(20)16(3)4/h15-16H,6-14H2,1-5H3. The summed E-state index contributed by atoms with van der Waals surface area (Å²) in [6.07, 6.45) is 7.77. The zero-order valence-corrected chi connectivity index (χ0v) is 14.8. The van der Waals surface area contributed by atoms with Gasteiger partial charge in [0.15, 0.2) is 0 Å². The Morgan fingerprint density at radius 3 is 1.90 bits per heavy atom. The topological polar surface area (TPSA) is 37.4 Å². The molecule has 0 aliphatic rings. The van der Waals surface area contributed by atoms with Crippen molar-refractivity contribution in [2.24, 2.45) is 11.8 Å². The number of ketones is 1. The summed E-state index contributed by atoms with van der Waals surface area (Å²) in [6.45, 7) is 9.16. The van der Waals surface area contributed by atoms with Gasteiger partial charge in [-0.2, -0.15) is 0 Å². The highest BCUT2D eigenvalue weighted by atomic mass is 16.2. The number of Topliss-reactive ketones (excluding diaryl/α,β-unsaturated/α-hetero) is 1. The maximum atomic E-state index is 11.9. The molecule has 0 aliphatic carbocycles. The van der Waals surface area contributed by atoms with Crippen molar-refractivity contribution in [1.82, 2.24) is 4.90 Å². The van der Waals surface area contributed by atoms with Crippen LogP contribution in [0.3, 0.4) is 0 Å². The molecular formula is C18H35NO2. The van der Waals surface area contributed by atoms with E-state index < -0.39 is 0 Å². The first-order chi connectivity index (χ1) is 9.84. The smallest absolute Gasteiger partial charge is 0.222 e. The van der Waals surface area contributed by atoms with Crippen molar-refractivity contribution < 1.29 is 9.59 Å². The van der Waals surface area contributed by atoms with Crippen LogP contribution in [0.25, 0.3) is 0 Å². The minimum absolute atomic E-state index is 0.170. The monoisotopic (exact) mass is 297 g/mol. The fraction of sp³-hybridized carbons (Fsp3) is 0.889. The van der Waals surface area contributed by atoms with Crippen LogP contribution >= 0.6 is 0 Å². The van der Waals surface area contributed by atoms with Crippen LogP contribution in [0.1, 0.15) is 79.1 Å². The van der Waals surface area contributed by atoms with Crippen LogP contribution in [0.5, 0.6) is 0 Å². The lowest BCUT2D eigenvalue weighted by Gasteiger charge is -2.18. The first-order valence-electron chi connectivity index (χ1n) is 8.61. The van der Waals surface area contributed by atoms with E-state index >= 15 is 0 Å². The molecule has 0 heterocycles. The van der Waals surface area contributed by atoms with Crippen molar-refractivity contribution in [1.29, 1.82) is 0 Å². The number of hydrogen-bond acceptors (Lipinski definition) is 2. The third-order valence-corrected chi connectivity index (χ3v) is 3.93. The molecule has 0 unspecified atom stereocenters. The van der Waals surface area contributed by atoms with Crippen LogP contribution in [0.2, 0.25) is 0 Å². The summed E-state index contributed by atoms with van der Waals surface area (Å²) in [5.74, 6) is 1.46. The molecule has 0 fully saturated rings. The van der Waals surface area contributed by atoms with E-state index in [0.29, 0.717) is 24.5 Å². The number of hydrogen-bond donors (Lipinski definition) is 0. The van der Waals surface area contributed by atoms with E-state index in [0.717, 1.165) is 45.1 Å². The lowest BCUT2D eigenvalue weighted by atomic mass is 10.0. The van der Waals surface area contributed by atoms with Crippen molar-refractivity contribution in [3.05, 3.63) is 0 Å². The molecule has 0 aromatic carbocycles. The largest absolute Gasteiger partial charge is 0.346 e. The Morgan fingerprint density at radius 2 is 1.38 bits per heavy atom. The number of carbonyl (C=O) groups excluding carboxylic acids is 2. The highest BCUT2D eigenvalue weighted by molar-refractivity contribution is 5.80.